The summed E-state index contributed by atoms with van der Waals surface area (Å²) >= 11 is 0. The molecule has 2 aromatic rings. The molecule has 0 radical (unpaired) electrons. The molecule has 5 heteroatoms. The van der Waals surface area contributed by atoms with Gasteiger partial charge in [-0.05, 0) is 37.1 Å². The smallest absolute Gasteiger partial charge is 0.291 e. The first-order chi connectivity index (χ1) is 10.2. The van der Waals surface area contributed by atoms with Gasteiger partial charge in [0.2, 0.25) is 5.91 Å². The second-order valence-electron chi connectivity index (χ2n) is 5.07. The van der Waals surface area contributed by atoms with Crippen molar-refractivity contribution in [1.29, 1.82) is 0 Å². The molecule has 1 N–H and O–H groups in total. The maximum Gasteiger partial charge on any atom is 0.291 e. The molecule has 0 aliphatic heterocycles. The monoisotopic (exact) mass is 284 g/mol. The van der Waals surface area contributed by atoms with Crippen molar-refractivity contribution in [2.75, 3.05) is 10.2 Å². The van der Waals surface area contributed by atoms with Crippen LogP contribution >= 0.6 is 0 Å². The van der Waals surface area contributed by atoms with Crippen LogP contribution in [0.2, 0.25) is 0 Å². The Labute approximate surface area is 122 Å². The van der Waals surface area contributed by atoms with Crippen molar-refractivity contribution in [2.24, 2.45) is 0 Å². The fraction of sp³-hybridized carbons (Fsp3) is 0.250. The Balaban J connectivity index is 1.89. The number of furan rings is 1. The molecule has 108 valence electrons. The van der Waals surface area contributed by atoms with E-state index in [4.69, 9.17) is 4.42 Å². The Hall–Kier alpha value is -2.56. The van der Waals surface area contributed by atoms with Crippen LogP contribution in [-0.2, 0) is 4.79 Å². The molecule has 1 aromatic carbocycles. The van der Waals surface area contributed by atoms with E-state index in [0.717, 1.165) is 18.5 Å². The van der Waals surface area contributed by atoms with E-state index < -0.39 is 0 Å². The molecule has 1 saturated carbocycles. The standard InChI is InChI=1S/C16H16N2O3/c1-11(19)18(12-8-9-12)14-6-3-2-5-13(14)17-16(20)15-7-4-10-21-15/h2-7,10,12H,8-9H2,1H3,(H,17,20). The molecule has 1 aliphatic rings. The van der Waals surface area contributed by atoms with Gasteiger partial charge in [-0.15, -0.1) is 0 Å². The van der Waals surface area contributed by atoms with E-state index in [2.05, 4.69) is 5.32 Å². The fourth-order valence-corrected chi connectivity index (χ4v) is 2.34. The molecule has 1 fully saturated rings. The number of anilines is 2. The van der Waals surface area contributed by atoms with Crippen LogP contribution in [0.15, 0.2) is 47.1 Å². The van der Waals surface area contributed by atoms with E-state index in [1.807, 2.05) is 18.2 Å². The molecule has 0 spiro atoms. The van der Waals surface area contributed by atoms with Gasteiger partial charge in [-0.2, -0.15) is 0 Å². The Kier molecular flexibility index (Phi) is 3.48. The lowest BCUT2D eigenvalue weighted by Gasteiger charge is -2.23. The molecule has 3 rings (SSSR count). The van der Waals surface area contributed by atoms with Crippen LogP contribution in [0.5, 0.6) is 0 Å². The van der Waals surface area contributed by atoms with Gasteiger partial charge in [0.15, 0.2) is 5.76 Å². The molecular formula is C16H16N2O3. The first kappa shape index (κ1) is 13.4. The summed E-state index contributed by atoms with van der Waals surface area (Å²) in [6.45, 7) is 1.55. The predicted octanol–water partition coefficient (Wildman–Crippen LogP) is 3.05. The fourth-order valence-electron chi connectivity index (χ4n) is 2.34. The normalized spacial score (nSPS) is 13.8. The number of benzene rings is 1. The summed E-state index contributed by atoms with van der Waals surface area (Å²) < 4.78 is 5.08. The van der Waals surface area contributed by atoms with Gasteiger partial charge >= 0.3 is 0 Å². The van der Waals surface area contributed by atoms with Gasteiger partial charge in [0.05, 0.1) is 17.6 Å². The Morgan fingerprint density at radius 1 is 1.19 bits per heavy atom. The summed E-state index contributed by atoms with van der Waals surface area (Å²) in [6, 6.07) is 10.8. The Morgan fingerprint density at radius 2 is 1.95 bits per heavy atom. The van der Waals surface area contributed by atoms with Crippen LogP contribution < -0.4 is 10.2 Å². The maximum absolute atomic E-state index is 12.1. The minimum Gasteiger partial charge on any atom is -0.459 e. The zero-order valence-electron chi connectivity index (χ0n) is 11.7. The molecule has 21 heavy (non-hydrogen) atoms. The molecular weight excluding hydrogens is 268 g/mol. The van der Waals surface area contributed by atoms with Gasteiger partial charge in [0.1, 0.15) is 0 Å². The van der Waals surface area contributed by atoms with Gasteiger partial charge in [-0.1, -0.05) is 12.1 Å². The summed E-state index contributed by atoms with van der Waals surface area (Å²) in [4.78, 5) is 25.7. The molecule has 0 bridgehead atoms. The van der Waals surface area contributed by atoms with E-state index in [9.17, 15) is 9.59 Å². The van der Waals surface area contributed by atoms with E-state index >= 15 is 0 Å². The third kappa shape index (κ3) is 2.81. The first-order valence-electron chi connectivity index (χ1n) is 6.90. The van der Waals surface area contributed by atoms with Crippen molar-refractivity contribution < 1.29 is 14.0 Å². The van der Waals surface area contributed by atoms with Crippen molar-refractivity contribution >= 4 is 23.2 Å². The van der Waals surface area contributed by atoms with Crippen LogP contribution in [-0.4, -0.2) is 17.9 Å². The van der Waals surface area contributed by atoms with Crippen molar-refractivity contribution in [2.45, 2.75) is 25.8 Å². The van der Waals surface area contributed by atoms with Crippen LogP contribution in [0, 0.1) is 0 Å². The minimum atomic E-state index is -0.327. The summed E-state index contributed by atoms with van der Waals surface area (Å²) in [5.41, 5.74) is 1.34. The number of hydrogen-bond donors (Lipinski definition) is 1. The van der Waals surface area contributed by atoms with Gasteiger partial charge in [0.25, 0.3) is 5.91 Å². The van der Waals surface area contributed by atoms with Gasteiger partial charge in [0, 0.05) is 13.0 Å². The highest BCUT2D eigenvalue weighted by Gasteiger charge is 2.33. The van der Waals surface area contributed by atoms with E-state index in [-0.39, 0.29) is 23.6 Å². The summed E-state index contributed by atoms with van der Waals surface area (Å²) in [5, 5.41) is 2.80. The van der Waals surface area contributed by atoms with Gasteiger partial charge in [-0.25, -0.2) is 0 Å². The molecule has 1 aromatic heterocycles. The molecule has 5 nitrogen and oxygen atoms in total. The highest BCUT2D eigenvalue weighted by atomic mass is 16.3. The average Bonchev–Trinajstić information content (AvgIpc) is 3.13. The third-order valence-electron chi connectivity index (χ3n) is 3.41. The second kappa shape index (κ2) is 5.44. The molecule has 0 atom stereocenters. The van der Waals surface area contributed by atoms with Crippen LogP contribution in [0.1, 0.15) is 30.3 Å². The van der Waals surface area contributed by atoms with Gasteiger partial charge in [-0.3, -0.25) is 9.59 Å². The van der Waals surface area contributed by atoms with E-state index in [0.29, 0.717) is 5.69 Å². The summed E-state index contributed by atoms with van der Waals surface area (Å²) in [5.74, 6) is -0.102. The Morgan fingerprint density at radius 3 is 2.57 bits per heavy atom. The average molecular weight is 284 g/mol. The van der Waals surface area contributed by atoms with Crippen molar-refractivity contribution in [1.82, 2.24) is 0 Å². The van der Waals surface area contributed by atoms with E-state index in [1.54, 1.807) is 30.0 Å². The predicted molar refractivity (Wildman–Crippen MR) is 79.3 cm³/mol. The molecule has 0 saturated heterocycles. The van der Waals surface area contributed by atoms with Crippen LogP contribution in [0.25, 0.3) is 0 Å². The molecule has 0 unspecified atom stereocenters. The first-order valence-corrected chi connectivity index (χ1v) is 6.90. The second-order valence-corrected chi connectivity index (χ2v) is 5.07. The number of para-hydroxylation sites is 2. The van der Waals surface area contributed by atoms with Crippen molar-refractivity contribution in [3.63, 3.8) is 0 Å². The highest BCUT2D eigenvalue weighted by molar-refractivity contribution is 6.06. The third-order valence-corrected chi connectivity index (χ3v) is 3.41. The van der Waals surface area contributed by atoms with Crippen LogP contribution in [0.3, 0.4) is 0 Å². The lowest BCUT2D eigenvalue weighted by atomic mass is 10.2. The number of carbonyl (C=O) groups excluding carboxylic acids is 2. The van der Waals surface area contributed by atoms with Crippen molar-refractivity contribution in [3.8, 4) is 0 Å². The topological polar surface area (TPSA) is 62.6 Å². The Bertz CT molecular complexity index is 660. The number of amides is 2. The number of nitrogens with one attached hydrogen (secondary N) is 1. The highest BCUT2D eigenvalue weighted by Crippen LogP contribution is 2.36. The number of hydrogen-bond acceptors (Lipinski definition) is 3. The number of carbonyl (C=O) groups is 2. The zero-order chi connectivity index (χ0) is 14.8. The lowest BCUT2D eigenvalue weighted by molar-refractivity contribution is -0.116. The molecule has 1 heterocycles. The maximum atomic E-state index is 12.1. The number of rotatable bonds is 4. The van der Waals surface area contributed by atoms with E-state index in [1.165, 1.54) is 6.26 Å². The zero-order valence-corrected chi connectivity index (χ0v) is 11.7. The molecule has 1 aliphatic carbocycles. The summed E-state index contributed by atoms with van der Waals surface area (Å²) in [6.07, 6.45) is 3.45. The van der Waals surface area contributed by atoms with Gasteiger partial charge < -0.3 is 14.6 Å². The largest absolute Gasteiger partial charge is 0.459 e. The SMILES string of the molecule is CC(=O)N(c1ccccc1NC(=O)c1ccco1)C1CC1. The minimum absolute atomic E-state index is 0.0165. The van der Waals surface area contributed by atoms with Crippen molar-refractivity contribution in [3.05, 3.63) is 48.4 Å². The molecule has 2 amide bonds. The quantitative estimate of drug-likeness (QED) is 0.938. The summed E-state index contributed by atoms with van der Waals surface area (Å²) in [7, 11) is 0. The van der Waals surface area contributed by atoms with Crippen LogP contribution in [0.4, 0.5) is 11.4 Å². The number of nitrogens with zero attached hydrogens (tertiary/aromatic N) is 1. The lowest BCUT2D eigenvalue weighted by Crippen LogP contribution is -2.31.